The van der Waals surface area contributed by atoms with E-state index in [0.29, 0.717) is 18.3 Å². The zero-order valence-electron chi connectivity index (χ0n) is 12.2. The zero-order chi connectivity index (χ0) is 14.6. The lowest BCUT2D eigenvalue weighted by Gasteiger charge is -2.28. The number of likely N-dealkylation sites (tertiary alicyclic amines) is 1. The summed E-state index contributed by atoms with van der Waals surface area (Å²) in [6.07, 6.45) is 2.41. The molecule has 2 N–H and O–H groups in total. The summed E-state index contributed by atoms with van der Waals surface area (Å²) in [5.41, 5.74) is 0.650. The molecule has 4 atom stereocenters. The highest BCUT2D eigenvalue weighted by Crippen LogP contribution is 2.54. The average molecular weight is 291 g/mol. The van der Waals surface area contributed by atoms with Gasteiger partial charge in [-0.1, -0.05) is 0 Å². The van der Waals surface area contributed by atoms with Crippen LogP contribution < -0.4 is 5.56 Å². The fourth-order valence-electron chi connectivity index (χ4n) is 4.60. The predicted octanol–water partition coefficient (Wildman–Crippen LogP) is 0.0500. The van der Waals surface area contributed by atoms with Crippen LogP contribution in [0.4, 0.5) is 0 Å². The van der Waals surface area contributed by atoms with Crippen LogP contribution >= 0.6 is 0 Å². The molecule has 0 radical (unpaired) electrons. The third kappa shape index (κ3) is 2.05. The highest BCUT2D eigenvalue weighted by Gasteiger charge is 2.62. The summed E-state index contributed by atoms with van der Waals surface area (Å²) in [5, 5.41) is 9.62. The Morgan fingerprint density at radius 1 is 1.62 bits per heavy atom. The van der Waals surface area contributed by atoms with E-state index in [1.54, 1.807) is 13.0 Å². The first-order valence-electron chi connectivity index (χ1n) is 7.67. The van der Waals surface area contributed by atoms with Crippen LogP contribution in [0.1, 0.15) is 24.4 Å². The summed E-state index contributed by atoms with van der Waals surface area (Å²) in [6, 6.07) is 1.57. The van der Waals surface area contributed by atoms with Gasteiger partial charge in [-0.3, -0.25) is 9.69 Å². The van der Waals surface area contributed by atoms with Gasteiger partial charge in [0.1, 0.15) is 5.82 Å². The van der Waals surface area contributed by atoms with Crippen molar-refractivity contribution in [1.82, 2.24) is 14.9 Å². The quantitative estimate of drug-likeness (QED) is 0.823. The summed E-state index contributed by atoms with van der Waals surface area (Å²) in [7, 11) is 0. The van der Waals surface area contributed by atoms with Gasteiger partial charge in [0, 0.05) is 44.1 Å². The van der Waals surface area contributed by atoms with Crippen molar-refractivity contribution in [3.63, 3.8) is 0 Å². The number of nitrogens with zero attached hydrogens (tertiary/aromatic N) is 2. The van der Waals surface area contributed by atoms with Gasteiger partial charge in [-0.2, -0.15) is 0 Å². The first-order chi connectivity index (χ1) is 10.1. The van der Waals surface area contributed by atoms with Gasteiger partial charge in [-0.05, 0) is 19.8 Å². The third-order valence-corrected chi connectivity index (χ3v) is 5.36. The van der Waals surface area contributed by atoms with Gasteiger partial charge >= 0.3 is 0 Å². The molecule has 0 aliphatic carbocycles. The number of aryl methyl sites for hydroxylation is 1. The molecule has 21 heavy (non-hydrogen) atoms. The number of aromatic nitrogens is 2. The molecule has 4 rings (SSSR count). The maximum Gasteiger partial charge on any atom is 0.251 e. The van der Waals surface area contributed by atoms with Gasteiger partial charge in [-0.25, -0.2) is 4.98 Å². The molecule has 2 bridgehead atoms. The SMILES string of the molecule is Cc1nc(CN2C[C@H]3[C@@H](CO)[C@@H]4CC[C@@]3(C2)O4)cc(=O)[nH]1. The largest absolute Gasteiger partial charge is 0.396 e. The highest BCUT2D eigenvalue weighted by molar-refractivity contribution is 5.13. The molecule has 3 aliphatic rings. The molecule has 6 heteroatoms. The first kappa shape index (κ1) is 13.4. The van der Waals surface area contributed by atoms with Crippen molar-refractivity contribution in [3.8, 4) is 0 Å². The summed E-state index contributed by atoms with van der Waals surface area (Å²) in [4.78, 5) is 20.9. The Labute approximate surface area is 123 Å². The van der Waals surface area contributed by atoms with E-state index in [2.05, 4.69) is 14.9 Å². The molecule has 1 aromatic rings. The average Bonchev–Trinajstić information content (AvgIpc) is 3.03. The van der Waals surface area contributed by atoms with Gasteiger partial charge in [-0.15, -0.1) is 0 Å². The van der Waals surface area contributed by atoms with Crippen LogP contribution in [0.25, 0.3) is 0 Å². The van der Waals surface area contributed by atoms with E-state index < -0.39 is 0 Å². The Bertz CT molecular complexity index is 616. The van der Waals surface area contributed by atoms with Crippen molar-refractivity contribution in [3.05, 3.63) is 27.9 Å². The van der Waals surface area contributed by atoms with E-state index >= 15 is 0 Å². The van der Waals surface area contributed by atoms with E-state index in [1.807, 2.05) is 0 Å². The zero-order valence-corrected chi connectivity index (χ0v) is 12.2. The number of aliphatic hydroxyl groups excluding tert-OH is 1. The second-order valence-corrected chi connectivity index (χ2v) is 6.70. The fraction of sp³-hybridized carbons (Fsp3) is 0.733. The Balaban J connectivity index is 1.53. The second kappa shape index (κ2) is 4.63. The van der Waals surface area contributed by atoms with E-state index in [0.717, 1.165) is 31.6 Å². The molecular formula is C15H21N3O3. The van der Waals surface area contributed by atoms with Gasteiger partial charge in [0.05, 0.1) is 17.4 Å². The van der Waals surface area contributed by atoms with Crippen LogP contribution in [0.2, 0.25) is 0 Å². The second-order valence-electron chi connectivity index (χ2n) is 6.70. The smallest absolute Gasteiger partial charge is 0.251 e. The number of ether oxygens (including phenoxy) is 1. The highest BCUT2D eigenvalue weighted by atomic mass is 16.5. The van der Waals surface area contributed by atoms with Gasteiger partial charge < -0.3 is 14.8 Å². The maximum atomic E-state index is 11.5. The van der Waals surface area contributed by atoms with Crippen molar-refractivity contribution in [1.29, 1.82) is 0 Å². The van der Waals surface area contributed by atoms with E-state index in [9.17, 15) is 9.90 Å². The molecule has 0 amide bonds. The van der Waals surface area contributed by atoms with E-state index in [4.69, 9.17) is 4.74 Å². The molecule has 3 fully saturated rings. The van der Waals surface area contributed by atoms with Gasteiger partial charge in [0.15, 0.2) is 0 Å². The summed E-state index contributed by atoms with van der Waals surface area (Å²) in [5.74, 6) is 1.35. The summed E-state index contributed by atoms with van der Waals surface area (Å²) < 4.78 is 6.21. The predicted molar refractivity (Wildman–Crippen MR) is 75.8 cm³/mol. The molecule has 0 unspecified atom stereocenters. The minimum absolute atomic E-state index is 0.0612. The van der Waals surface area contributed by atoms with Gasteiger partial charge in [0.2, 0.25) is 0 Å². The van der Waals surface area contributed by atoms with Gasteiger partial charge in [0.25, 0.3) is 5.56 Å². The molecule has 1 aromatic heterocycles. The first-order valence-corrected chi connectivity index (χ1v) is 7.67. The van der Waals surface area contributed by atoms with Crippen LogP contribution in [0.3, 0.4) is 0 Å². The van der Waals surface area contributed by atoms with Crippen molar-refractivity contribution in [2.75, 3.05) is 19.7 Å². The van der Waals surface area contributed by atoms with Crippen LogP contribution in [-0.2, 0) is 11.3 Å². The standard InChI is InChI=1S/C15H21N3O3/c1-9-16-10(4-14(20)17-9)5-18-6-12-11(7-19)13-2-3-15(12,8-18)21-13/h4,11-13,19H,2-3,5-8H2,1H3,(H,16,17,20)/t11-,12+,13+,15+/m1/s1. The normalized spacial score (nSPS) is 38.1. The Morgan fingerprint density at radius 2 is 2.48 bits per heavy atom. The Morgan fingerprint density at radius 3 is 3.24 bits per heavy atom. The maximum absolute atomic E-state index is 11.5. The Hall–Kier alpha value is -1.24. The lowest BCUT2D eigenvalue weighted by molar-refractivity contribution is 0.000287. The monoisotopic (exact) mass is 291 g/mol. The molecule has 1 spiro atoms. The van der Waals surface area contributed by atoms with Crippen LogP contribution in [-0.4, -0.2) is 51.4 Å². The number of hydrogen-bond donors (Lipinski definition) is 2. The lowest BCUT2D eigenvalue weighted by atomic mass is 9.74. The minimum Gasteiger partial charge on any atom is -0.396 e. The van der Waals surface area contributed by atoms with Crippen molar-refractivity contribution in [2.24, 2.45) is 11.8 Å². The molecule has 3 aliphatic heterocycles. The molecule has 4 heterocycles. The minimum atomic E-state index is -0.0968. The van der Waals surface area contributed by atoms with Crippen LogP contribution in [0.5, 0.6) is 0 Å². The molecule has 114 valence electrons. The van der Waals surface area contributed by atoms with E-state index in [1.165, 1.54) is 0 Å². The number of H-pyrrole nitrogens is 1. The topological polar surface area (TPSA) is 78.5 Å². The lowest BCUT2D eigenvalue weighted by Crippen LogP contribution is -2.37. The number of hydrogen-bond acceptors (Lipinski definition) is 5. The molecule has 3 saturated heterocycles. The summed E-state index contributed by atoms with van der Waals surface area (Å²) in [6.45, 7) is 4.50. The third-order valence-electron chi connectivity index (χ3n) is 5.36. The Kier molecular flexibility index (Phi) is 2.96. The van der Waals surface area contributed by atoms with Crippen molar-refractivity contribution < 1.29 is 9.84 Å². The van der Waals surface area contributed by atoms with Crippen molar-refractivity contribution >= 4 is 0 Å². The molecule has 6 nitrogen and oxygen atoms in total. The van der Waals surface area contributed by atoms with Crippen molar-refractivity contribution in [2.45, 2.75) is 38.0 Å². The number of fused-ring (bicyclic) bond motifs is 1. The molecular weight excluding hydrogens is 270 g/mol. The number of rotatable bonds is 3. The number of nitrogens with one attached hydrogen (secondary N) is 1. The van der Waals surface area contributed by atoms with E-state index in [-0.39, 0.29) is 29.8 Å². The molecule has 0 saturated carbocycles. The fourth-order valence-corrected chi connectivity index (χ4v) is 4.60. The van der Waals surface area contributed by atoms with Crippen LogP contribution in [0, 0.1) is 18.8 Å². The number of aliphatic hydroxyl groups is 1. The number of aromatic amines is 1. The molecule has 0 aromatic carbocycles. The van der Waals surface area contributed by atoms with Crippen LogP contribution in [0.15, 0.2) is 10.9 Å². The summed E-state index contributed by atoms with van der Waals surface area (Å²) >= 11 is 0.